The molecule has 0 spiro atoms. The Hall–Kier alpha value is -3.50. The average Bonchev–Trinajstić information content (AvgIpc) is 3.37. The summed E-state index contributed by atoms with van der Waals surface area (Å²) in [6.45, 7) is 1.54. The quantitative estimate of drug-likeness (QED) is 0.474. The van der Waals surface area contributed by atoms with Crippen LogP contribution in [-0.2, 0) is 39.1 Å². The van der Waals surface area contributed by atoms with E-state index in [1.165, 1.54) is 8.99 Å². The van der Waals surface area contributed by atoms with Gasteiger partial charge in [-0.3, -0.25) is 14.3 Å². The molecule has 0 radical (unpaired) electrons. The summed E-state index contributed by atoms with van der Waals surface area (Å²) in [6.07, 6.45) is 6.31. The van der Waals surface area contributed by atoms with E-state index in [-0.39, 0.29) is 29.7 Å². The van der Waals surface area contributed by atoms with Gasteiger partial charge in [0.2, 0.25) is 21.8 Å². The van der Waals surface area contributed by atoms with Crippen LogP contribution in [-0.4, -0.2) is 47.4 Å². The molecule has 3 aromatic rings. The standard InChI is InChI=1S/C25H29N5O4S/c31-24(17-20-8-10-23(11-9-20)35(33,34)30-14-2-1-3-15-30)26-18-21-6-4-7-22(16-21)28-25(32)19-29-13-5-12-27-29/h4-13,16H,1-3,14-15,17-19H2,(H,26,31)(H,28,32). The maximum Gasteiger partial charge on any atom is 0.246 e. The number of carbonyl (C=O) groups is 2. The van der Waals surface area contributed by atoms with E-state index in [0.717, 1.165) is 30.4 Å². The fraction of sp³-hybridized carbons (Fsp3) is 0.320. The topological polar surface area (TPSA) is 113 Å². The summed E-state index contributed by atoms with van der Waals surface area (Å²) in [5.74, 6) is -0.370. The third-order valence-electron chi connectivity index (χ3n) is 5.81. The van der Waals surface area contributed by atoms with Crippen LogP contribution in [0.2, 0.25) is 0 Å². The number of hydrogen-bond donors (Lipinski definition) is 2. The van der Waals surface area contributed by atoms with E-state index in [4.69, 9.17) is 0 Å². The molecule has 1 aliphatic heterocycles. The zero-order chi connectivity index (χ0) is 24.7. The Morgan fingerprint density at radius 3 is 2.40 bits per heavy atom. The van der Waals surface area contributed by atoms with Gasteiger partial charge in [-0.2, -0.15) is 9.40 Å². The lowest BCUT2D eigenvalue weighted by Crippen LogP contribution is -2.35. The van der Waals surface area contributed by atoms with Crippen molar-refractivity contribution in [2.24, 2.45) is 0 Å². The van der Waals surface area contributed by atoms with Crippen LogP contribution < -0.4 is 10.6 Å². The van der Waals surface area contributed by atoms with E-state index in [2.05, 4.69) is 15.7 Å². The summed E-state index contributed by atoms with van der Waals surface area (Å²) < 4.78 is 28.6. The van der Waals surface area contributed by atoms with Crippen molar-refractivity contribution in [2.45, 2.75) is 43.7 Å². The molecule has 0 atom stereocenters. The lowest BCUT2D eigenvalue weighted by atomic mass is 10.1. The minimum atomic E-state index is -3.48. The maximum absolute atomic E-state index is 12.8. The van der Waals surface area contributed by atoms with Crippen molar-refractivity contribution in [1.82, 2.24) is 19.4 Å². The van der Waals surface area contributed by atoms with Crippen molar-refractivity contribution in [3.8, 4) is 0 Å². The van der Waals surface area contributed by atoms with Crippen LogP contribution >= 0.6 is 0 Å². The van der Waals surface area contributed by atoms with Gasteiger partial charge in [-0.1, -0.05) is 30.7 Å². The van der Waals surface area contributed by atoms with Gasteiger partial charge in [0.05, 0.1) is 11.3 Å². The lowest BCUT2D eigenvalue weighted by molar-refractivity contribution is -0.120. The summed E-state index contributed by atoms with van der Waals surface area (Å²) >= 11 is 0. The first-order valence-electron chi connectivity index (χ1n) is 11.6. The number of nitrogens with zero attached hydrogens (tertiary/aromatic N) is 3. The molecule has 2 N–H and O–H groups in total. The Morgan fingerprint density at radius 2 is 1.69 bits per heavy atom. The second-order valence-corrected chi connectivity index (χ2v) is 10.5. The van der Waals surface area contributed by atoms with Gasteiger partial charge in [0.15, 0.2) is 0 Å². The van der Waals surface area contributed by atoms with E-state index in [9.17, 15) is 18.0 Å². The van der Waals surface area contributed by atoms with Gasteiger partial charge in [-0.25, -0.2) is 8.42 Å². The number of piperidine rings is 1. The fourth-order valence-electron chi connectivity index (χ4n) is 3.98. The van der Waals surface area contributed by atoms with Crippen molar-refractivity contribution in [3.05, 3.63) is 78.1 Å². The van der Waals surface area contributed by atoms with Crippen LogP contribution in [0.5, 0.6) is 0 Å². The number of sulfonamides is 1. The third kappa shape index (κ3) is 6.77. The average molecular weight is 496 g/mol. The van der Waals surface area contributed by atoms with E-state index in [1.54, 1.807) is 48.8 Å². The molecule has 1 aliphatic rings. The summed E-state index contributed by atoms with van der Waals surface area (Å²) in [5.41, 5.74) is 2.22. The summed E-state index contributed by atoms with van der Waals surface area (Å²) in [5, 5.41) is 9.71. The van der Waals surface area contributed by atoms with Crippen molar-refractivity contribution >= 4 is 27.5 Å². The Morgan fingerprint density at radius 1 is 0.914 bits per heavy atom. The van der Waals surface area contributed by atoms with Gasteiger partial charge >= 0.3 is 0 Å². The van der Waals surface area contributed by atoms with Crippen molar-refractivity contribution in [3.63, 3.8) is 0 Å². The van der Waals surface area contributed by atoms with Crippen LogP contribution in [0.15, 0.2) is 71.9 Å². The molecule has 1 saturated heterocycles. The largest absolute Gasteiger partial charge is 0.352 e. The first kappa shape index (κ1) is 24.6. The van der Waals surface area contributed by atoms with Gasteiger partial charge in [0.25, 0.3) is 0 Å². The number of hydrogen-bond acceptors (Lipinski definition) is 5. The van der Waals surface area contributed by atoms with E-state index < -0.39 is 10.0 Å². The fourth-order valence-corrected chi connectivity index (χ4v) is 5.50. The zero-order valence-corrected chi connectivity index (χ0v) is 20.2. The predicted molar refractivity (Wildman–Crippen MR) is 132 cm³/mol. The number of rotatable bonds is 9. The smallest absolute Gasteiger partial charge is 0.246 e. The zero-order valence-electron chi connectivity index (χ0n) is 19.4. The van der Waals surface area contributed by atoms with E-state index in [1.807, 2.05) is 18.2 Å². The molecular formula is C25H29N5O4S. The molecule has 0 saturated carbocycles. The highest BCUT2D eigenvalue weighted by molar-refractivity contribution is 7.89. The van der Waals surface area contributed by atoms with Crippen LogP contribution in [0.4, 0.5) is 5.69 Å². The number of nitrogens with one attached hydrogen (secondary N) is 2. The van der Waals surface area contributed by atoms with Crippen molar-refractivity contribution in [2.75, 3.05) is 18.4 Å². The normalized spacial score (nSPS) is 14.4. The Bertz CT molecular complexity index is 1250. The molecule has 0 unspecified atom stereocenters. The molecule has 2 heterocycles. The first-order valence-corrected chi connectivity index (χ1v) is 13.1. The predicted octanol–water partition coefficient (Wildman–Crippen LogP) is 2.56. The van der Waals surface area contributed by atoms with Crippen molar-refractivity contribution in [1.29, 1.82) is 0 Å². The monoisotopic (exact) mass is 495 g/mol. The second kappa shape index (κ2) is 11.3. The van der Waals surface area contributed by atoms with Gasteiger partial charge in [0.1, 0.15) is 6.54 Å². The lowest BCUT2D eigenvalue weighted by Gasteiger charge is -2.25. The van der Waals surface area contributed by atoms with E-state index >= 15 is 0 Å². The molecule has 10 heteroatoms. The highest BCUT2D eigenvalue weighted by Crippen LogP contribution is 2.21. The van der Waals surface area contributed by atoms with Crippen LogP contribution in [0.25, 0.3) is 0 Å². The molecule has 0 bridgehead atoms. The highest BCUT2D eigenvalue weighted by atomic mass is 32.2. The molecule has 9 nitrogen and oxygen atoms in total. The molecule has 1 fully saturated rings. The summed E-state index contributed by atoms with van der Waals surface area (Å²) in [6, 6.07) is 15.5. The highest BCUT2D eigenvalue weighted by Gasteiger charge is 2.25. The molecule has 2 amide bonds. The van der Waals surface area contributed by atoms with Gasteiger partial charge in [0, 0.05) is 37.7 Å². The molecule has 2 aromatic carbocycles. The van der Waals surface area contributed by atoms with Crippen LogP contribution in [0.1, 0.15) is 30.4 Å². The van der Waals surface area contributed by atoms with Gasteiger partial charge in [-0.05, 0) is 54.3 Å². The molecule has 1 aromatic heterocycles. The molecule has 35 heavy (non-hydrogen) atoms. The van der Waals surface area contributed by atoms with Crippen LogP contribution in [0.3, 0.4) is 0 Å². The third-order valence-corrected chi connectivity index (χ3v) is 7.72. The second-order valence-electron chi connectivity index (χ2n) is 8.51. The summed E-state index contributed by atoms with van der Waals surface area (Å²) in [4.78, 5) is 24.9. The molecule has 0 aliphatic carbocycles. The number of amides is 2. The number of carbonyl (C=O) groups excluding carboxylic acids is 2. The first-order chi connectivity index (χ1) is 16.9. The number of benzene rings is 2. The number of anilines is 1. The minimum Gasteiger partial charge on any atom is -0.352 e. The summed E-state index contributed by atoms with van der Waals surface area (Å²) in [7, 11) is -3.48. The molecule has 4 rings (SSSR count). The Balaban J connectivity index is 1.27. The SMILES string of the molecule is O=C(Cc1ccc(S(=O)(=O)N2CCCCC2)cc1)NCc1cccc(NC(=O)Cn2cccn2)c1. The molecular weight excluding hydrogens is 466 g/mol. The Kier molecular flexibility index (Phi) is 7.94. The van der Waals surface area contributed by atoms with Gasteiger partial charge in [-0.15, -0.1) is 0 Å². The molecule has 184 valence electrons. The minimum absolute atomic E-state index is 0.117. The van der Waals surface area contributed by atoms with Crippen molar-refractivity contribution < 1.29 is 18.0 Å². The van der Waals surface area contributed by atoms with Crippen LogP contribution in [0, 0.1) is 0 Å². The van der Waals surface area contributed by atoms with Gasteiger partial charge < -0.3 is 10.6 Å². The maximum atomic E-state index is 12.8. The Labute approximate surface area is 205 Å². The van der Waals surface area contributed by atoms with E-state index in [0.29, 0.717) is 25.3 Å². The number of aromatic nitrogens is 2.